The fourth-order valence-corrected chi connectivity index (χ4v) is 2.65. The standard InChI is InChI=1S/C16H25N3O/c1-13-5-4-8-19(11-13)16(17)18-10-14-6-3-7-15(9-14)12-20-2/h3,6-7,9,13H,4-5,8,10-12H2,1-2H3,(H2,17,18). The van der Waals surface area contributed by atoms with Crippen LogP contribution in [0.2, 0.25) is 0 Å². The van der Waals surface area contributed by atoms with Crippen molar-refractivity contribution in [3.05, 3.63) is 35.4 Å². The van der Waals surface area contributed by atoms with E-state index in [1.807, 2.05) is 6.07 Å². The molecule has 0 bridgehead atoms. The van der Waals surface area contributed by atoms with Gasteiger partial charge in [0.15, 0.2) is 5.96 Å². The maximum Gasteiger partial charge on any atom is 0.191 e. The zero-order chi connectivity index (χ0) is 14.4. The van der Waals surface area contributed by atoms with Gasteiger partial charge in [0.05, 0.1) is 13.2 Å². The van der Waals surface area contributed by atoms with Crippen LogP contribution in [0.4, 0.5) is 0 Å². The second-order valence-electron chi connectivity index (χ2n) is 5.62. The number of benzene rings is 1. The quantitative estimate of drug-likeness (QED) is 0.678. The molecular weight excluding hydrogens is 250 g/mol. The molecule has 1 aliphatic heterocycles. The van der Waals surface area contributed by atoms with Crippen LogP contribution in [0, 0.1) is 5.92 Å². The molecule has 1 unspecified atom stereocenters. The lowest BCUT2D eigenvalue weighted by Crippen LogP contribution is -2.43. The second-order valence-corrected chi connectivity index (χ2v) is 5.62. The molecule has 1 aromatic rings. The number of aliphatic imine (C=N–C) groups is 1. The Morgan fingerprint density at radius 2 is 2.25 bits per heavy atom. The molecule has 1 heterocycles. The van der Waals surface area contributed by atoms with Crippen molar-refractivity contribution in [1.29, 1.82) is 0 Å². The first-order chi connectivity index (χ1) is 9.69. The van der Waals surface area contributed by atoms with Crippen LogP contribution in [0.1, 0.15) is 30.9 Å². The summed E-state index contributed by atoms with van der Waals surface area (Å²) < 4.78 is 5.15. The lowest BCUT2D eigenvalue weighted by molar-refractivity contribution is 0.185. The number of nitrogens with zero attached hydrogens (tertiary/aromatic N) is 2. The maximum atomic E-state index is 6.11. The van der Waals surface area contributed by atoms with Crippen LogP contribution in [0.25, 0.3) is 0 Å². The number of nitrogens with two attached hydrogens (primary N) is 1. The minimum atomic E-state index is 0.633. The summed E-state index contributed by atoms with van der Waals surface area (Å²) in [7, 11) is 1.71. The van der Waals surface area contributed by atoms with Gasteiger partial charge in [-0.05, 0) is 29.9 Å². The molecule has 0 radical (unpaired) electrons. The Morgan fingerprint density at radius 3 is 3.00 bits per heavy atom. The smallest absolute Gasteiger partial charge is 0.191 e. The van der Waals surface area contributed by atoms with E-state index in [1.54, 1.807) is 7.11 Å². The van der Waals surface area contributed by atoms with Gasteiger partial charge in [-0.2, -0.15) is 0 Å². The summed E-state index contributed by atoms with van der Waals surface area (Å²) in [5, 5.41) is 0. The van der Waals surface area contributed by atoms with Crippen LogP contribution in [0.5, 0.6) is 0 Å². The molecule has 1 atom stereocenters. The SMILES string of the molecule is COCc1cccc(CN=C(N)N2CCCC(C)C2)c1. The van der Waals surface area contributed by atoms with Crippen LogP contribution in [-0.4, -0.2) is 31.1 Å². The van der Waals surface area contributed by atoms with Gasteiger partial charge in [0.2, 0.25) is 0 Å². The molecule has 20 heavy (non-hydrogen) atoms. The van der Waals surface area contributed by atoms with Crippen LogP contribution in [-0.2, 0) is 17.9 Å². The predicted molar refractivity (Wildman–Crippen MR) is 82.5 cm³/mol. The fraction of sp³-hybridized carbons (Fsp3) is 0.562. The highest BCUT2D eigenvalue weighted by Crippen LogP contribution is 2.15. The molecule has 1 aromatic carbocycles. The van der Waals surface area contributed by atoms with E-state index in [0.717, 1.165) is 13.1 Å². The number of rotatable bonds is 4. The van der Waals surface area contributed by atoms with Gasteiger partial charge in [-0.3, -0.25) is 0 Å². The molecule has 0 spiro atoms. The highest BCUT2D eigenvalue weighted by atomic mass is 16.5. The van der Waals surface area contributed by atoms with E-state index >= 15 is 0 Å². The molecular formula is C16H25N3O. The summed E-state index contributed by atoms with van der Waals surface area (Å²) in [6.45, 7) is 5.60. The number of methoxy groups -OCH3 is 1. The topological polar surface area (TPSA) is 50.9 Å². The third kappa shape index (κ3) is 4.23. The van der Waals surface area contributed by atoms with E-state index in [-0.39, 0.29) is 0 Å². The highest BCUT2D eigenvalue weighted by molar-refractivity contribution is 5.78. The van der Waals surface area contributed by atoms with E-state index < -0.39 is 0 Å². The Kier molecular flexibility index (Phi) is 5.41. The fourth-order valence-electron chi connectivity index (χ4n) is 2.65. The summed E-state index contributed by atoms with van der Waals surface area (Å²) in [4.78, 5) is 6.73. The van der Waals surface area contributed by atoms with Gasteiger partial charge < -0.3 is 15.4 Å². The van der Waals surface area contributed by atoms with Crippen molar-refractivity contribution >= 4 is 5.96 Å². The summed E-state index contributed by atoms with van der Waals surface area (Å²) in [5.41, 5.74) is 8.45. The number of piperidine rings is 1. The summed E-state index contributed by atoms with van der Waals surface area (Å²) >= 11 is 0. The molecule has 110 valence electrons. The minimum Gasteiger partial charge on any atom is -0.380 e. The van der Waals surface area contributed by atoms with Crippen molar-refractivity contribution in [2.45, 2.75) is 32.9 Å². The van der Waals surface area contributed by atoms with Gasteiger partial charge in [-0.25, -0.2) is 4.99 Å². The Labute approximate surface area is 121 Å². The van der Waals surface area contributed by atoms with Crippen molar-refractivity contribution in [3.8, 4) is 0 Å². The van der Waals surface area contributed by atoms with E-state index in [1.165, 1.54) is 24.0 Å². The first kappa shape index (κ1) is 14.9. The molecule has 4 heteroatoms. The monoisotopic (exact) mass is 275 g/mol. The van der Waals surface area contributed by atoms with Gasteiger partial charge in [-0.1, -0.05) is 31.2 Å². The number of likely N-dealkylation sites (tertiary alicyclic amines) is 1. The summed E-state index contributed by atoms with van der Waals surface area (Å²) in [6.07, 6.45) is 2.50. The molecule has 0 aromatic heterocycles. The van der Waals surface area contributed by atoms with E-state index in [4.69, 9.17) is 10.5 Å². The molecule has 2 N–H and O–H groups in total. The van der Waals surface area contributed by atoms with Gasteiger partial charge in [0, 0.05) is 20.2 Å². The number of hydrogen-bond donors (Lipinski definition) is 1. The zero-order valence-electron chi connectivity index (χ0n) is 12.5. The molecule has 1 fully saturated rings. The molecule has 4 nitrogen and oxygen atoms in total. The van der Waals surface area contributed by atoms with Gasteiger partial charge in [-0.15, -0.1) is 0 Å². The molecule has 1 aliphatic rings. The molecule has 0 saturated carbocycles. The van der Waals surface area contributed by atoms with Crippen molar-refractivity contribution in [2.24, 2.45) is 16.6 Å². The Hall–Kier alpha value is -1.55. The van der Waals surface area contributed by atoms with Crippen LogP contribution in [0.3, 0.4) is 0 Å². The lowest BCUT2D eigenvalue weighted by Gasteiger charge is -2.31. The summed E-state index contributed by atoms with van der Waals surface area (Å²) in [5.74, 6) is 1.39. The van der Waals surface area contributed by atoms with Crippen molar-refractivity contribution in [1.82, 2.24) is 4.90 Å². The average Bonchev–Trinajstić information content (AvgIpc) is 2.45. The van der Waals surface area contributed by atoms with E-state index in [0.29, 0.717) is 25.0 Å². The number of hydrogen-bond acceptors (Lipinski definition) is 2. The third-order valence-corrected chi connectivity index (χ3v) is 3.71. The highest BCUT2D eigenvalue weighted by Gasteiger charge is 2.17. The normalized spacial score (nSPS) is 20.2. The van der Waals surface area contributed by atoms with E-state index in [2.05, 4.69) is 35.0 Å². The molecule has 2 rings (SSSR count). The van der Waals surface area contributed by atoms with Crippen molar-refractivity contribution < 1.29 is 4.74 Å². The summed E-state index contributed by atoms with van der Waals surface area (Å²) in [6, 6.07) is 8.30. The van der Waals surface area contributed by atoms with Crippen LogP contribution < -0.4 is 5.73 Å². The maximum absolute atomic E-state index is 6.11. The van der Waals surface area contributed by atoms with Crippen LogP contribution >= 0.6 is 0 Å². The predicted octanol–water partition coefficient (Wildman–Crippen LogP) is 2.38. The Bertz CT molecular complexity index is 459. The van der Waals surface area contributed by atoms with E-state index in [9.17, 15) is 0 Å². The molecule has 0 aliphatic carbocycles. The van der Waals surface area contributed by atoms with Gasteiger partial charge >= 0.3 is 0 Å². The van der Waals surface area contributed by atoms with Gasteiger partial charge in [0.25, 0.3) is 0 Å². The first-order valence-electron chi connectivity index (χ1n) is 7.30. The molecule has 1 saturated heterocycles. The third-order valence-electron chi connectivity index (χ3n) is 3.71. The average molecular weight is 275 g/mol. The number of guanidine groups is 1. The van der Waals surface area contributed by atoms with Gasteiger partial charge in [0.1, 0.15) is 0 Å². The minimum absolute atomic E-state index is 0.633. The van der Waals surface area contributed by atoms with Crippen molar-refractivity contribution in [2.75, 3.05) is 20.2 Å². The second kappa shape index (κ2) is 7.29. The Morgan fingerprint density at radius 1 is 1.45 bits per heavy atom. The van der Waals surface area contributed by atoms with Crippen LogP contribution in [0.15, 0.2) is 29.3 Å². The zero-order valence-corrected chi connectivity index (χ0v) is 12.5. The number of ether oxygens (including phenoxy) is 1. The molecule has 0 amide bonds. The Balaban J connectivity index is 1.95. The lowest BCUT2D eigenvalue weighted by atomic mass is 10.0. The first-order valence-corrected chi connectivity index (χ1v) is 7.30. The van der Waals surface area contributed by atoms with Crippen molar-refractivity contribution in [3.63, 3.8) is 0 Å². The largest absolute Gasteiger partial charge is 0.380 e.